The molecule has 74 valence electrons. The van der Waals surface area contributed by atoms with E-state index in [0.717, 1.165) is 5.56 Å². The molecule has 0 saturated heterocycles. The molecule has 0 radical (unpaired) electrons. The van der Waals surface area contributed by atoms with Crippen molar-refractivity contribution in [3.63, 3.8) is 0 Å². The van der Waals surface area contributed by atoms with E-state index in [9.17, 15) is 0 Å². The van der Waals surface area contributed by atoms with E-state index in [1.807, 2.05) is 6.07 Å². The van der Waals surface area contributed by atoms with Gasteiger partial charge in [0, 0.05) is 7.11 Å². The second-order valence-electron chi connectivity index (χ2n) is 2.88. The largest absolute Gasteiger partial charge is 0.383 e. The molecule has 0 spiro atoms. The normalized spacial score (nSPS) is 12.1. The molecule has 3 nitrogen and oxygen atoms in total. The maximum absolute atomic E-state index is 8.75. The lowest BCUT2D eigenvalue weighted by Crippen LogP contribution is -2.16. The average Bonchev–Trinajstić information content (AvgIpc) is 2.18. The molecule has 2 N–H and O–H groups in total. The van der Waals surface area contributed by atoms with Crippen molar-refractivity contribution < 1.29 is 4.74 Å². The van der Waals surface area contributed by atoms with Crippen molar-refractivity contribution >= 4 is 11.6 Å². The van der Waals surface area contributed by atoms with Crippen molar-refractivity contribution in [2.45, 2.75) is 6.04 Å². The fourth-order valence-electron chi connectivity index (χ4n) is 1.19. The van der Waals surface area contributed by atoms with Gasteiger partial charge in [0.25, 0.3) is 0 Å². The van der Waals surface area contributed by atoms with E-state index in [1.54, 1.807) is 25.3 Å². The van der Waals surface area contributed by atoms with Gasteiger partial charge in [-0.2, -0.15) is 5.26 Å². The first kappa shape index (κ1) is 11.0. The summed E-state index contributed by atoms with van der Waals surface area (Å²) in [5.41, 5.74) is 6.99. The average molecular weight is 211 g/mol. The number of rotatable bonds is 3. The number of nitrogens with zero attached hydrogens (tertiary/aromatic N) is 1. The summed E-state index contributed by atoms with van der Waals surface area (Å²) in [5, 5.41) is 9.16. The van der Waals surface area contributed by atoms with E-state index in [-0.39, 0.29) is 6.04 Å². The van der Waals surface area contributed by atoms with Crippen molar-refractivity contribution in [1.82, 2.24) is 0 Å². The third kappa shape index (κ3) is 2.24. The molecule has 0 unspecified atom stereocenters. The number of halogens is 1. The first-order valence-corrected chi connectivity index (χ1v) is 4.51. The predicted molar refractivity (Wildman–Crippen MR) is 55.0 cm³/mol. The molecule has 0 aromatic heterocycles. The summed E-state index contributed by atoms with van der Waals surface area (Å²) >= 11 is 5.98. The van der Waals surface area contributed by atoms with Crippen LogP contribution in [0, 0.1) is 11.3 Å². The molecule has 0 fully saturated rings. The molecule has 0 aliphatic rings. The highest BCUT2D eigenvalue weighted by Crippen LogP contribution is 2.24. The molecule has 0 bridgehead atoms. The summed E-state index contributed by atoms with van der Waals surface area (Å²) in [6.07, 6.45) is 0. The molecule has 14 heavy (non-hydrogen) atoms. The Morgan fingerprint density at radius 1 is 1.64 bits per heavy atom. The molecule has 0 heterocycles. The Labute approximate surface area is 88.0 Å². The van der Waals surface area contributed by atoms with E-state index < -0.39 is 0 Å². The van der Waals surface area contributed by atoms with Gasteiger partial charge in [-0.25, -0.2) is 0 Å². The second-order valence-corrected chi connectivity index (χ2v) is 3.26. The SMILES string of the molecule is COC[C@H](N)c1cccc(C#N)c1Cl. The Morgan fingerprint density at radius 2 is 2.36 bits per heavy atom. The fraction of sp³-hybridized carbons (Fsp3) is 0.300. The second kappa shape index (κ2) is 4.97. The predicted octanol–water partition coefficient (Wildman–Crippen LogP) is 1.86. The summed E-state index contributed by atoms with van der Waals surface area (Å²) in [5.74, 6) is 0. The third-order valence-corrected chi connectivity index (χ3v) is 2.32. The van der Waals surface area contributed by atoms with Crippen LogP contribution in [-0.4, -0.2) is 13.7 Å². The topological polar surface area (TPSA) is 59.0 Å². The third-order valence-electron chi connectivity index (χ3n) is 1.89. The lowest BCUT2D eigenvalue weighted by Gasteiger charge is -2.12. The van der Waals surface area contributed by atoms with Crippen LogP contribution in [0.25, 0.3) is 0 Å². The van der Waals surface area contributed by atoms with Crippen LogP contribution in [0.5, 0.6) is 0 Å². The summed E-state index contributed by atoms with van der Waals surface area (Å²) in [6, 6.07) is 6.93. The Bertz CT molecular complexity index is 360. The summed E-state index contributed by atoms with van der Waals surface area (Å²) in [4.78, 5) is 0. The Morgan fingerprint density at radius 3 is 2.93 bits per heavy atom. The minimum atomic E-state index is -0.291. The fourth-order valence-corrected chi connectivity index (χ4v) is 1.50. The van der Waals surface area contributed by atoms with E-state index in [1.165, 1.54) is 0 Å². The first-order valence-electron chi connectivity index (χ1n) is 4.13. The summed E-state index contributed by atoms with van der Waals surface area (Å²) < 4.78 is 4.92. The molecule has 0 aliphatic carbocycles. The first-order chi connectivity index (χ1) is 6.70. The smallest absolute Gasteiger partial charge is 0.101 e. The van der Waals surface area contributed by atoms with E-state index in [0.29, 0.717) is 17.2 Å². The van der Waals surface area contributed by atoms with Crippen LogP contribution in [0.4, 0.5) is 0 Å². The van der Waals surface area contributed by atoms with Crippen LogP contribution < -0.4 is 5.73 Å². The molecule has 0 aliphatic heterocycles. The van der Waals surface area contributed by atoms with Gasteiger partial charge in [0.05, 0.1) is 23.2 Å². The maximum Gasteiger partial charge on any atom is 0.101 e. The Kier molecular flexibility index (Phi) is 3.90. The van der Waals surface area contributed by atoms with E-state index in [4.69, 9.17) is 27.3 Å². The van der Waals surface area contributed by atoms with Gasteiger partial charge in [-0.05, 0) is 11.6 Å². The van der Waals surface area contributed by atoms with Gasteiger partial charge in [-0.1, -0.05) is 23.7 Å². The molecular formula is C10H11ClN2O. The van der Waals surface area contributed by atoms with Crippen LogP contribution in [0.3, 0.4) is 0 Å². The van der Waals surface area contributed by atoms with Gasteiger partial charge in [0.1, 0.15) is 6.07 Å². The van der Waals surface area contributed by atoms with Crippen molar-refractivity contribution in [2.75, 3.05) is 13.7 Å². The van der Waals surface area contributed by atoms with Crippen LogP contribution in [0.15, 0.2) is 18.2 Å². The van der Waals surface area contributed by atoms with Gasteiger partial charge in [0.2, 0.25) is 0 Å². The zero-order chi connectivity index (χ0) is 10.6. The van der Waals surface area contributed by atoms with Gasteiger partial charge in [-0.15, -0.1) is 0 Å². The molecule has 1 aromatic carbocycles. The van der Waals surface area contributed by atoms with Gasteiger partial charge in [-0.3, -0.25) is 0 Å². The molecule has 0 amide bonds. The van der Waals surface area contributed by atoms with Gasteiger partial charge < -0.3 is 10.5 Å². The molecule has 1 aromatic rings. The number of nitriles is 1. The molecule has 1 atom stereocenters. The minimum absolute atomic E-state index is 0.291. The number of hydrogen-bond acceptors (Lipinski definition) is 3. The Balaban J connectivity index is 3.04. The van der Waals surface area contributed by atoms with E-state index >= 15 is 0 Å². The van der Waals surface area contributed by atoms with Crippen LogP contribution in [-0.2, 0) is 4.74 Å². The minimum Gasteiger partial charge on any atom is -0.383 e. The van der Waals surface area contributed by atoms with Crippen LogP contribution in [0.1, 0.15) is 17.2 Å². The molecular weight excluding hydrogens is 200 g/mol. The molecule has 4 heteroatoms. The Hall–Kier alpha value is -1.08. The highest BCUT2D eigenvalue weighted by Gasteiger charge is 2.12. The van der Waals surface area contributed by atoms with Crippen molar-refractivity contribution in [3.8, 4) is 6.07 Å². The number of nitrogens with two attached hydrogens (primary N) is 1. The van der Waals surface area contributed by atoms with Crippen molar-refractivity contribution in [1.29, 1.82) is 5.26 Å². The molecule has 0 saturated carbocycles. The lowest BCUT2D eigenvalue weighted by molar-refractivity contribution is 0.181. The standard InChI is InChI=1S/C10H11ClN2O/c1-14-6-9(13)8-4-2-3-7(5-12)10(8)11/h2-4,9H,6,13H2,1H3/t9-/m0/s1. The number of methoxy groups -OCH3 is 1. The molecule has 1 rings (SSSR count). The highest BCUT2D eigenvalue weighted by molar-refractivity contribution is 6.32. The zero-order valence-corrected chi connectivity index (χ0v) is 8.58. The zero-order valence-electron chi connectivity index (χ0n) is 7.83. The van der Waals surface area contributed by atoms with E-state index in [2.05, 4.69) is 0 Å². The number of hydrogen-bond donors (Lipinski definition) is 1. The lowest BCUT2D eigenvalue weighted by atomic mass is 10.1. The maximum atomic E-state index is 8.75. The van der Waals surface area contributed by atoms with Gasteiger partial charge in [0.15, 0.2) is 0 Å². The van der Waals surface area contributed by atoms with Crippen molar-refractivity contribution in [2.24, 2.45) is 5.73 Å². The summed E-state index contributed by atoms with van der Waals surface area (Å²) in [7, 11) is 1.57. The van der Waals surface area contributed by atoms with Crippen LogP contribution in [0.2, 0.25) is 5.02 Å². The highest BCUT2D eigenvalue weighted by atomic mass is 35.5. The number of ether oxygens (including phenoxy) is 1. The quantitative estimate of drug-likeness (QED) is 0.829. The monoisotopic (exact) mass is 210 g/mol. The van der Waals surface area contributed by atoms with Crippen LogP contribution >= 0.6 is 11.6 Å². The van der Waals surface area contributed by atoms with Crippen molar-refractivity contribution in [3.05, 3.63) is 34.3 Å². The van der Waals surface area contributed by atoms with Gasteiger partial charge >= 0.3 is 0 Å². The summed E-state index contributed by atoms with van der Waals surface area (Å²) in [6.45, 7) is 0.384. The number of benzene rings is 1.